The van der Waals surface area contributed by atoms with Gasteiger partial charge in [-0.3, -0.25) is 4.98 Å². The lowest BCUT2D eigenvalue weighted by atomic mass is 10.2. The van der Waals surface area contributed by atoms with Crippen LogP contribution in [0.15, 0.2) is 36.0 Å². The lowest BCUT2D eigenvalue weighted by molar-refractivity contribution is 0.0699. The zero-order chi connectivity index (χ0) is 12.5. The molecule has 1 aromatic carbocycles. The molecule has 5 nitrogen and oxygen atoms in total. The molecule has 1 N–H and O–H groups in total. The fourth-order valence-electron chi connectivity index (χ4n) is 1.66. The van der Waals surface area contributed by atoms with Crippen molar-refractivity contribution < 1.29 is 9.90 Å². The van der Waals surface area contributed by atoms with Gasteiger partial charge in [0.25, 0.3) is 0 Å². The van der Waals surface area contributed by atoms with Crippen molar-refractivity contribution in [3.05, 3.63) is 41.5 Å². The van der Waals surface area contributed by atoms with Crippen molar-refractivity contribution in [3.63, 3.8) is 0 Å². The first-order valence-corrected chi connectivity index (χ1v) is 6.02. The number of benzene rings is 1. The molecule has 0 saturated carbocycles. The number of hydrogen-bond donors (Lipinski definition) is 1. The number of para-hydroxylation sites is 1. The van der Waals surface area contributed by atoms with Gasteiger partial charge in [0.05, 0.1) is 17.3 Å². The number of carboxylic acids is 1. The van der Waals surface area contributed by atoms with Gasteiger partial charge in [-0.25, -0.2) is 14.8 Å². The molecule has 0 aliphatic rings. The van der Waals surface area contributed by atoms with Crippen LogP contribution in [0.2, 0.25) is 0 Å². The third-order valence-corrected chi connectivity index (χ3v) is 3.25. The molecule has 2 heterocycles. The van der Waals surface area contributed by atoms with Gasteiger partial charge in [-0.15, -0.1) is 11.3 Å². The molecule has 88 valence electrons. The summed E-state index contributed by atoms with van der Waals surface area (Å²) in [6, 6.07) is 4.91. The molecule has 0 aliphatic carbocycles. The minimum atomic E-state index is -1.01. The maximum Gasteiger partial charge on any atom is 0.337 e. The Balaban J connectivity index is 2.28. The molecule has 0 saturated heterocycles. The molecule has 0 aliphatic heterocycles. The summed E-state index contributed by atoms with van der Waals surface area (Å²) in [6.45, 7) is 0. The Kier molecular flexibility index (Phi) is 2.49. The van der Waals surface area contributed by atoms with E-state index < -0.39 is 5.97 Å². The zero-order valence-electron chi connectivity index (χ0n) is 9.07. The van der Waals surface area contributed by atoms with Crippen LogP contribution in [-0.2, 0) is 0 Å². The lowest BCUT2D eigenvalue weighted by Crippen LogP contribution is -2.00. The summed E-state index contributed by atoms with van der Waals surface area (Å²) in [5, 5.41) is 11.7. The van der Waals surface area contributed by atoms with E-state index in [1.807, 2.05) is 5.38 Å². The van der Waals surface area contributed by atoms with Crippen molar-refractivity contribution in [3.8, 4) is 10.7 Å². The van der Waals surface area contributed by atoms with Crippen LogP contribution in [0.5, 0.6) is 0 Å². The van der Waals surface area contributed by atoms with E-state index in [0.29, 0.717) is 16.7 Å². The summed E-state index contributed by atoms with van der Waals surface area (Å²) in [6.07, 6.45) is 3.28. The highest BCUT2D eigenvalue weighted by atomic mass is 32.1. The molecule has 2 aromatic heterocycles. The maximum atomic E-state index is 11.1. The second-order valence-corrected chi connectivity index (χ2v) is 4.47. The van der Waals surface area contributed by atoms with Gasteiger partial charge in [0.1, 0.15) is 16.2 Å². The number of rotatable bonds is 2. The number of carboxylic acid groups (broad SMARTS) is 1. The first-order chi connectivity index (χ1) is 8.75. The van der Waals surface area contributed by atoms with Crippen molar-refractivity contribution >= 4 is 28.3 Å². The second kappa shape index (κ2) is 4.15. The van der Waals surface area contributed by atoms with Crippen molar-refractivity contribution in [1.82, 2.24) is 15.0 Å². The van der Waals surface area contributed by atoms with Crippen LogP contribution in [0.1, 0.15) is 10.4 Å². The van der Waals surface area contributed by atoms with E-state index in [-0.39, 0.29) is 5.56 Å². The number of carbonyl (C=O) groups is 1. The van der Waals surface area contributed by atoms with E-state index in [4.69, 9.17) is 5.11 Å². The molecule has 0 spiro atoms. The lowest BCUT2D eigenvalue weighted by Gasteiger charge is -2.02. The normalized spacial score (nSPS) is 10.7. The number of hydrogen-bond acceptors (Lipinski definition) is 5. The predicted molar refractivity (Wildman–Crippen MR) is 67.6 cm³/mol. The number of fused-ring (bicyclic) bond motifs is 1. The van der Waals surface area contributed by atoms with Crippen molar-refractivity contribution in [2.75, 3.05) is 0 Å². The van der Waals surface area contributed by atoms with Crippen molar-refractivity contribution in [2.24, 2.45) is 0 Å². The third kappa shape index (κ3) is 1.72. The number of thiazole rings is 1. The standard InChI is InChI=1S/C12H7N3O2S/c16-12(17)7-2-1-3-8-10(7)15-9(6-14-8)11-13-4-5-18-11/h1-6H,(H,16,17). The summed E-state index contributed by atoms with van der Waals surface area (Å²) in [5.41, 5.74) is 1.69. The molecule has 0 radical (unpaired) electrons. The Morgan fingerprint density at radius 2 is 2.17 bits per heavy atom. The van der Waals surface area contributed by atoms with Crippen LogP contribution in [0.4, 0.5) is 0 Å². The molecule has 0 fully saturated rings. The highest BCUT2D eigenvalue weighted by Gasteiger charge is 2.12. The topological polar surface area (TPSA) is 76.0 Å². The van der Waals surface area contributed by atoms with Gasteiger partial charge in [-0.05, 0) is 12.1 Å². The van der Waals surface area contributed by atoms with Crippen LogP contribution in [0.25, 0.3) is 21.7 Å². The average Bonchev–Trinajstić information content (AvgIpc) is 2.91. The van der Waals surface area contributed by atoms with Crippen molar-refractivity contribution in [1.29, 1.82) is 0 Å². The molecule has 3 aromatic rings. The van der Waals surface area contributed by atoms with E-state index in [1.165, 1.54) is 17.4 Å². The molecular formula is C12H7N3O2S. The molecule has 0 amide bonds. The predicted octanol–water partition coefficient (Wildman–Crippen LogP) is 2.45. The molecule has 18 heavy (non-hydrogen) atoms. The van der Waals surface area contributed by atoms with Crippen molar-refractivity contribution in [2.45, 2.75) is 0 Å². The Morgan fingerprint density at radius 3 is 2.89 bits per heavy atom. The van der Waals surface area contributed by atoms with Gasteiger partial charge >= 0.3 is 5.97 Å². The van der Waals surface area contributed by atoms with Gasteiger partial charge in [0.15, 0.2) is 0 Å². The van der Waals surface area contributed by atoms with E-state index in [2.05, 4.69) is 15.0 Å². The molecule has 0 unspecified atom stereocenters. The van der Waals surface area contributed by atoms with E-state index in [0.717, 1.165) is 5.01 Å². The largest absolute Gasteiger partial charge is 0.478 e. The fraction of sp³-hybridized carbons (Fsp3) is 0. The minimum absolute atomic E-state index is 0.151. The van der Waals surface area contributed by atoms with E-state index in [1.54, 1.807) is 24.5 Å². The fourth-order valence-corrected chi connectivity index (χ4v) is 2.25. The molecule has 0 atom stereocenters. The molecule has 0 bridgehead atoms. The number of aromatic carboxylic acids is 1. The van der Waals surface area contributed by atoms with Gasteiger partial charge in [-0.2, -0.15) is 0 Å². The number of nitrogens with zero attached hydrogens (tertiary/aromatic N) is 3. The van der Waals surface area contributed by atoms with Crippen LogP contribution < -0.4 is 0 Å². The Morgan fingerprint density at radius 1 is 1.28 bits per heavy atom. The summed E-state index contributed by atoms with van der Waals surface area (Å²) in [7, 11) is 0. The number of aromatic nitrogens is 3. The monoisotopic (exact) mass is 257 g/mol. The molecule has 3 rings (SSSR count). The minimum Gasteiger partial charge on any atom is -0.478 e. The Labute approximate surface area is 106 Å². The highest BCUT2D eigenvalue weighted by molar-refractivity contribution is 7.13. The molecule has 6 heteroatoms. The maximum absolute atomic E-state index is 11.1. The highest BCUT2D eigenvalue weighted by Crippen LogP contribution is 2.22. The summed E-state index contributed by atoms with van der Waals surface area (Å²) in [4.78, 5) is 23.8. The first kappa shape index (κ1) is 10.8. The van der Waals surface area contributed by atoms with Crippen LogP contribution in [-0.4, -0.2) is 26.0 Å². The van der Waals surface area contributed by atoms with Gasteiger partial charge in [-0.1, -0.05) is 6.07 Å². The van der Waals surface area contributed by atoms with Crippen LogP contribution >= 0.6 is 11.3 Å². The second-order valence-electron chi connectivity index (χ2n) is 3.57. The first-order valence-electron chi connectivity index (χ1n) is 5.14. The summed E-state index contributed by atoms with van der Waals surface area (Å²) >= 11 is 1.44. The Hall–Kier alpha value is -2.34. The smallest absolute Gasteiger partial charge is 0.337 e. The Bertz CT molecular complexity index is 725. The molecular weight excluding hydrogens is 250 g/mol. The summed E-state index contributed by atoms with van der Waals surface area (Å²) in [5.74, 6) is -1.01. The van der Waals surface area contributed by atoms with Gasteiger partial charge in [0, 0.05) is 11.6 Å². The zero-order valence-corrected chi connectivity index (χ0v) is 9.89. The quantitative estimate of drug-likeness (QED) is 0.763. The van der Waals surface area contributed by atoms with Crippen LogP contribution in [0, 0.1) is 0 Å². The third-order valence-electron chi connectivity index (χ3n) is 2.45. The SMILES string of the molecule is O=C(O)c1cccc2ncc(-c3nccs3)nc12. The van der Waals surface area contributed by atoms with E-state index in [9.17, 15) is 4.79 Å². The average molecular weight is 257 g/mol. The summed E-state index contributed by atoms with van der Waals surface area (Å²) < 4.78 is 0. The van der Waals surface area contributed by atoms with Gasteiger partial charge in [0.2, 0.25) is 0 Å². The van der Waals surface area contributed by atoms with Gasteiger partial charge < -0.3 is 5.11 Å². The van der Waals surface area contributed by atoms with E-state index >= 15 is 0 Å². The van der Waals surface area contributed by atoms with Crippen LogP contribution in [0.3, 0.4) is 0 Å².